The zero-order valence-electron chi connectivity index (χ0n) is 16.8. The van der Waals surface area contributed by atoms with Gasteiger partial charge in [-0.15, -0.1) is 0 Å². The Balaban J connectivity index is 1.99. The number of ether oxygens (including phenoxy) is 2. The van der Waals surface area contributed by atoms with Crippen molar-refractivity contribution in [2.75, 3.05) is 20.2 Å². The maximum Gasteiger partial charge on any atom is 0.363 e. The fourth-order valence-electron chi connectivity index (χ4n) is 3.00. The number of benzene rings is 2. The van der Waals surface area contributed by atoms with Crippen LogP contribution in [0.2, 0.25) is 0 Å². The first-order valence-electron chi connectivity index (χ1n) is 9.26. The Labute approximate surface area is 184 Å². The van der Waals surface area contributed by atoms with Gasteiger partial charge in [-0.05, 0) is 42.5 Å². The number of nitrogens with zero attached hydrogens (tertiary/aromatic N) is 2. The van der Waals surface area contributed by atoms with Crippen molar-refractivity contribution in [2.24, 2.45) is 4.99 Å². The molecule has 0 spiro atoms. The first kappa shape index (κ1) is 22.2. The summed E-state index contributed by atoms with van der Waals surface area (Å²) in [6.45, 7) is 4.28. The van der Waals surface area contributed by atoms with Crippen LogP contribution in [0.3, 0.4) is 0 Å². The third-order valence-corrected chi connectivity index (χ3v) is 7.07. The van der Waals surface area contributed by atoms with Crippen molar-refractivity contribution < 1.29 is 22.7 Å². The van der Waals surface area contributed by atoms with Crippen LogP contribution >= 0.6 is 15.9 Å². The number of halogens is 1. The van der Waals surface area contributed by atoms with E-state index in [0.717, 1.165) is 4.47 Å². The largest absolute Gasteiger partial charge is 0.496 e. The number of cyclic esters (lactones) is 1. The molecule has 0 radical (unpaired) electrons. The summed E-state index contributed by atoms with van der Waals surface area (Å²) < 4.78 is 38.4. The summed E-state index contributed by atoms with van der Waals surface area (Å²) in [6, 6.07) is 11.6. The molecule has 0 N–H and O–H groups in total. The van der Waals surface area contributed by atoms with Crippen LogP contribution in [-0.4, -0.2) is 44.8 Å². The Morgan fingerprint density at radius 3 is 2.57 bits per heavy atom. The molecule has 0 saturated carbocycles. The lowest BCUT2D eigenvalue weighted by atomic mass is 10.1. The van der Waals surface area contributed by atoms with E-state index in [1.165, 1.54) is 23.5 Å². The molecule has 0 saturated heterocycles. The lowest BCUT2D eigenvalue weighted by Crippen LogP contribution is -2.30. The summed E-state index contributed by atoms with van der Waals surface area (Å²) in [4.78, 5) is 16.7. The zero-order chi connectivity index (χ0) is 21.9. The van der Waals surface area contributed by atoms with Crippen LogP contribution in [0.15, 0.2) is 62.5 Å². The smallest absolute Gasteiger partial charge is 0.363 e. The van der Waals surface area contributed by atoms with Gasteiger partial charge < -0.3 is 9.47 Å². The van der Waals surface area contributed by atoms with Gasteiger partial charge in [0.15, 0.2) is 5.70 Å². The highest BCUT2D eigenvalue weighted by molar-refractivity contribution is 9.10. The fourth-order valence-corrected chi connectivity index (χ4v) is 4.88. The zero-order valence-corrected chi connectivity index (χ0v) is 19.2. The molecule has 1 aliphatic rings. The summed E-state index contributed by atoms with van der Waals surface area (Å²) in [6.07, 6.45) is 1.56. The predicted molar refractivity (Wildman–Crippen MR) is 118 cm³/mol. The summed E-state index contributed by atoms with van der Waals surface area (Å²) in [5.74, 6) is 0.00954. The van der Waals surface area contributed by atoms with Gasteiger partial charge in [0.2, 0.25) is 15.9 Å². The molecule has 7 nitrogen and oxygen atoms in total. The van der Waals surface area contributed by atoms with Crippen molar-refractivity contribution in [2.45, 2.75) is 18.7 Å². The number of esters is 1. The molecule has 1 heterocycles. The Morgan fingerprint density at radius 2 is 1.90 bits per heavy atom. The minimum atomic E-state index is -3.64. The van der Waals surface area contributed by atoms with E-state index in [9.17, 15) is 13.2 Å². The molecule has 2 aromatic rings. The molecular weight excluding hydrogens is 472 g/mol. The van der Waals surface area contributed by atoms with Crippen LogP contribution < -0.4 is 4.74 Å². The van der Waals surface area contributed by atoms with Gasteiger partial charge in [0.25, 0.3) is 0 Å². The van der Waals surface area contributed by atoms with Crippen LogP contribution in [0.4, 0.5) is 0 Å². The number of sulfonamides is 1. The number of carbonyl (C=O) groups excluding carboxylic acids is 1. The molecule has 3 rings (SSSR count). The summed E-state index contributed by atoms with van der Waals surface area (Å²) >= 11 is 3.39. The van der Waals surface area contributed by atoms with Crippen LogP contribution in [0, 0.1) is 0 Å². The molecule has 1 aliphatic heterocycles. The van der Waals surface area contributed by atoms with Crippen LogP contribution in [0.5, 0.6) is 5.75 Å². The highest BCUT2D eigenvalue weighted by Gasteiger charge is 2.27. The maximum absolute atomic E-state index is 12.8. The molecule has 0 fully saturated rings. The molecule has 9 heteroatoms. The van der Waals surface area contributed by atoms with Gasteiger partial charge in [-0.3, -0.25) is 0 Å². The molecule has 0 amide bonds. The number of aliphatic imine (C=N–C) groups is 1. The van der Waals surface area contributed by atoms with Gasteiger partial charge in [-0.1, -0.05) is 35.8 Å². The number of methoxy groups -OCH3 is 1. The average Bonchev–Trinajstić information content (AvgIpc) is 3.09. The molecule has 0 atom stereocenters. The van der Waals surface area contributed by atoms with Gasteiger partial charge >= 0.3 is 5.97 Å². The Bertz CT molecular complexity index is 1140. The summed E-state index contributed by atoms with van der Waals surface area (Å²) in [5.41, 5.74) is 1.15. The van der Waals surface area contributed by atoms with E-state index in [4.69, 9.17) is 9.47 Å². The second-order valence-corrected chi connectivity index (χ2v) is 9.19. The maximum atomic E-state index is 12.8. The molecular formula is C21H21BrN2O5S. The van der Waals surface area contributed by atoms with E-state index in [1.54, 1.807) is 44.2 Å². The van der Waals surface area contributed by atoms with E-state index in [-0.39, 0.29) is 16.5 Å². The van der Waals surface area contributed by atoms with Crippen LogP contribution in [-0.2, 0) is 19.6 Å². The van der Waals surface area contributed by atoms with Crippen molar-refractivity contribution >= 4 is 43.9 Å². The standard InChI is InChI=1S/C21H21BrN2O5S/c1-4-24(5-2)30(26,27)17-8-6-7-14(12-17)20-23-18(21(25)29-20)13-15-11-16(22)9-10-19(15)28-3/h6-13H,4-5H2,1-3H3/b18-13-. The summed E-state index contributed by atoms with van der Waals surface area (Å²) in [7, 11) is -2.10. The van der Waals surface area contributed by atoms with Crippen molar-refractivity contribution in [3.05, 3.63) is 63.8 Å². The van der Waals surface area contributed by atoms with Gasteiger partial charge in [0, 0.05) is 28.7 Å². The third-order valence-electron chi connectivity index (χ3n) is 4.53. The predicted octanol–water partition coefficient (Wildman–Crippen LogP) is 3.83. The molecule has 0 aliphatic carbocycles. The van der Waals surface area contributed by atoms with Gasteiger partial charge in [0.05, 0.1) is 12.0 Å². The molecule has 0 bridgehead atoms. The van der Waals surface area contributed by atoms with Gasteiger partial charge in [-0.25, -0.2) is 18.2 Å². The van der Waals surface area contributed by atoms with E-state index >= 15 is 0 Å². The Hall–Kier alpha value is -2.49. The Kier molecular flexibility index (Phi) is 6.74. The average molecular weight is 493 g/mol. The van der Waals surface area contributed by atoms with Crippen molar-refractivity contribution in [1.82, 2.24) is 4.31 Å². The molecule has 2 aromatic carbocycles. The van der Waals surface area contributed by atoms with E-state index in [0.29, 0.717) is 30.0 Å². The Morgan fingerprint density at radius 1 is 1.17 bits per heavy atom. The van der Waals surface area contributed by atoms with Gasteiger partial charge in [0.1, 0.15) is 5.75 Å². The van der Waals surface area contributed by atoms with E-state index in [2.05, 4.69) is 20.9 Å². The summed E-state index contributed by atoms with van der Waals surface area (Å²) in [5, 5.41) is 0. The van der Waals surface area contributed by atoms with Crippen molar-refractivity contribution in [3.8, 4) is 5.75 Å². The fraction of sp³-hybridized carbons (Fsp3) is 0.238. The lowest BCUT2D eigenvalue weighted by Gasteiger charge is -2.18. The topological polar surface area (TPSA) is 85.3 Å². The van der Waals surface area contributed by atoms with E-state index in [1.807, 2.05) is 6.07 Å². The normalized spacial score (nSPS) is 15.4. The lowest BCUT2D eigenvalue weighted by molar-refractivity contribution is -0.129. The number of rotatable bonds is 7. The highest BCUT2D eigenvalue weighted by Crippen LogP contribution is 2.28. The molecule has 0 unspecified atom stereocenters. The molecule has 0 aromatic heterocycles. The number of carbonyl (C=O) groups is 1. The SMILES string of the molecule is CCN(CC)S(=O)(=O)c1cccc(C2=N/C(=C\c3cc(Br)ccc3OC)C(=O)O2)c1. The second kappa shape index (κ2) is 9.11. The molecule has 158 valence electrons. The third kappa shape index (κ3) is 4.48. The monoisotopic (exact) mass is 492 g/mol. The number of hydrogen-bond donors (Lipinski definition) is 0. The second-order valence-electron chi connectivity index (χ2n) is 6.34. The van der Waals surface area contributed by atoms with Crippen LogP contribution in [0.25, 0.3) is 6.08 Å². The first-order valence-corrected chi connectivity index (χ1v) is 11.5. The van der Waals surface area contributed by atoms with Crippen molar-refractivity contribution in [1.29, 1.82) is 0 Å². The number of hydrogen-bond acceptors (Lipinski definition) is 6. The van der Waals surface area contributed by atoms with Crippen LogP contribution in [0.1, 0.15) is 25.0 Å². The van der Waals surface area contributed by atoms with E-state index < -0.39 is 16.0 Å². The quantitative estimate of drug-likeness (QED) is 0.433. The minimum Gasteiger partial charge on any atom is -0.496 e. The molecule has 30 heavy (non-hydrogen) atoms. The first-order chi connectivity index (χ1) is 14.3. The van der Waals surface area contributed by atoms with Crippen molar-refractivity contribution in [3.63, 3.8) is 0 Å². The highest BCUT2D eigenvalue weighted by atomic mass is 79.9. The van der Waals surface area contributed by atoms with Gasteiger partial charge in [-0.2, -0.15) is 4.31 Å². The minimum absolute atomic E-state index is 0.0526.